The largest absolute Gasteiger partial charge is 0.364 e. The minimum absolute atomic E-state index is 0.348. The number of amides is 1. The number of para-hydroxylation sites is 1. The number of hydrogen-bond donors (Lipinski definition) is 3. The fraction of sp³-hybridized carbons (Fsp3) is 0. The van der Waals surface area contributed by atoms with Gasteiger partial charge in [0.1, 0.15) is 17.8 Å². The molecule has 1 aromatic carbocycles. The van der Waals surface area contributed by atoms with Crippen molar-refractivity contribution in [3.63, 3.8) is 0 Å². The highest BCUT2D eigenvalue weighted by Gasteiger charge is 2.08. The van der Waals surface area contributed by atoms with E-state index in [1.54, 1.807) is 18.3 Å². The lowest BCUT2D eigenvalue weighted by molar-refractivity contribution is 0.0996. The highest BCUT2D eigenvalue weighted by molar-refractivity contribution is 5.92. The van der Waals surface area contributed by atoms with E-state index in [2.05, 4.69) is 20.3 Å². The van der Waals surface area contributed by atoms with E-state index in [0.717, 1.165) is 11.3 Å². The van der Waals surface area contributed by atoms with Crippen LogP contribution in [0.1, 0.15) is 10.5 Å². The number of benzene rings is 1. The van der Waals surface area contributed by atoms with Crippen molar-refractivity contribution in [1.82, 2.24) is 15.0 Å². The number of carbonyl (C=O) groups is 1. The number of hydrogen-bond acceptors (Lipinski definition) is 4. The van der Waals surface area contributed by atoms with E-state index in [1.165, 1.54) is 6.33 Å². The molecule has 1 amide bonds. The number of rotatable bonds is 4. The Labute approximate surface area is 121 Å². The molecule has 0 aliphatic heterocycles. The van der Waals surface area contributed by atoms with Crippen LogP contribution >= 0.6 is 0 Å². The van der Waals surface area contributed by atoms with Crippen molar-refractivity contribution >= 4 is 17.4 Å². The molecule has 0 saturated carbocycles. The van der Waals surface area contributed by atoms with Gasteiger partial charge < -0.3 is 16.0 Å². The fourth-order valence-electron chi connectivity index (χ4n) is 1.94. The van der Waals surface area contributed by atoms with E-state index < -0.39 is 5.91 Å². The molecule has 0 aliphatic rings. The first-order chi connectivity index (χ1) is 10.2. The van der Waals surface area contributed by atoms with Crippen molar-refractivity contribution in [1.29, 1.82) is 0 Å². The standard InChI is InChI=1S/C15H13N5O/c16-15(21)13-6-10(8-17-13)12-7-14(19-9-18-12)20-11-4-2-1-3-5-11/h1-9,17H,(H2,16,21)(H,18,19,20). The number of anilines is 2. The van der Waals surface area contributed by atoms with E-state index in [1.807, 2.05) is 30.3 Å². The third-order valence-electron chi connectivity index (χ3n) is 2.96. The highest BCUT2D eigenvalue weighted by atomic mass is 16.1. The van der Waals surface area contributed by atoms with Gasteiger partial charge in [-0.1, -0.05) is 18.2 Å². The van der Waals surface area contributed by atoms with Crippen molar-refractivity contribution in [2.45, 2.75) is 0 Å². The van der Waals surface area contributed by atoms with Crippen LogP contribution in [-0.2, 0) is 0 Å². The zero-order valence-electron chi connectivity index (χ0n) is 11.1. The second-order valence-corrected chi connectivity index (χ2v) is 4.45. The van der Waals surface area contributed by atoms with E-state index >= 15 is 0 Å². The number of aromatic amines is 1. The first kappa shape index (κ1) is 12.9. The molecular formula is C15H13N5O. The second kappa shape index (κ2) is 5.46. The number of nitrogens with one attached hydrogen (secondary N) is 2. The van der Waals surface area contributed by atoms with Gasteiger partial charge in [-0.2, -0.15) is 0 Å². The molecular weight excluding hydrogens is 266 g/mol. The molecule has 0 radical (unpaired) electrons. The summed E-state index contributed by atoms with van der Waals surface area (Å²) in [6.07, 6.45) is 3.16. The maximum atomic E-state index is 11.1. The Morgan fingerprint density at radius 2 is 1.95 bits per heavy atom. The Kier molecular flexibility index (Phi) is 3.34. The van der Waals surface area contributed by atoms with Gasteiger partial charge >= 0.3 is 0 Å². The molecule has 21 heavy (non-hydrogen) atoms. The van der Waals surface area contributed by atoms with Gasteiger partial charge in [0.2, 0.25) is 0 Å². The monoisotopic (exact) mass is 279 g/mol. The van der Waals surface area contributed by atoms with Crippen molar-refractivity contribution < 1.29 is 4.79 Å². The average molecular weight is 279 g/mol. The summed E-state index contributed by atoms with van der Waals surface area (Å²) in [5.41, 5.74) is 7.99. The summed E-state index contributed by atoms with van der Waals surface area (Å²) < 4.78 is 0. The molecule has 0 aliphatic carbocycles. The van der Waals surface area contributed by atoms with Gasteiger partial charge in [-0.3, -0.25) is 4.79 Å². The normalized spacial score (nSPS) is 10.3. The highest BCUT2D eigenvalue weighted by Crippen LogP contribution is 2.21. The maximum absolute atomic E-state index is 11.1. The van der Waals surface area contributed by atoms with Crippen LogP contribution in [0.5, 0.6) is 0 Å². The molecule has 0 bridgehead atoms. The zero-order valence-corrected chi connectivity index (χ0v) is 11.1. The van der Waals surface area contributed by atoms with Crippen LogP contribution in [0, 0.1) is 0 Å². The smallest absolute Gasteiger partial charge is 0.265 e. The second-order valence-electron chi connectivity index (χ2n) is 4.45. The lowest BCUT2D eigenvalue weighted by atomic mass is 10.2. The number of carbonyl (C=O) groups excluding carboxylic acids is 1. The van der Waals surface area contributed by atoms with Crippen LogP contribution < -0.4 is 11.1 Å². The van der Waals surface area contributed by atoms with Gasteiger partial charge in [0.25, 0.3) is 5.91 Å². The molecule has 0 atom stereocenters. The molecule has 3 rings (SSSR count). The molecule has 3 aromatic rings. The minimum Gasteiger partial charge on any atom is -0.364 e. The van der Waals surface area contributed by atoms with Crippen LogP contribution in [-0.4, -0.2) is 20.9 Å². The van der Waals surface area contributed by atoms with Gasteiger partial charge in [-0.15, -0.1) is 0 Å². The van der Waals surface area contributed by atoms with Gasteiger partial charge in [-0.05, 0) is 18.2 Å². The number of nitrogens with zero attached hydrogens (tertiary/aromatic N) is 2. The lowest BCUT2D eigenvalue weighted by Gasteiger charge is -2.05. The van der Waals surface area contributed by atoms with Gasteiger partial charge in [0, 0.05) is 23.5 Å². The van der Waals surface area contributed by atoms with Crippen LogP contribution in [0.15, 0.2) is 55.0 Å². The summed E-state index contributed by atoms with van der Waals surface area (Å²) >= 11 is 0. The quantitative estimate of drug-likeness (QED) is 0.682. The summed E-state index contributed by atoms with van der Waals surface area (Å²) in [6.45, 7) is 0. The van der Waals surface area contributed by atoms with Crippen LogP contribution in [0.4, 0.5) is 11.5 Å². The Morgan fingerprint density at radius 3 is 2.67 bits per heavy atom. The van der Waals surface area contributed by atoms with Crippen molar-refractivity contribution in [2.24, 2.45) is 5.73 Å². The summed E-state index contributed by atoms with van der Waals surface area (Å²) in [6, 6.07) is 13.2. The number of H-pyrrole nitrogens is 1. The molecule has 0 fully saturated rings. The molecule has 0 unspecified atom stereocenters. The molecule has 2 heterocycles. The zero-order chi connectivity index (χ0) is 14.7. The third-order valence-corrected chi connectivity index (χ3v) is 2.96. The SMILES string of the molecule is NC(=O)c1cc(-c2cc(Nc3ccccc3)ncn2)c[nH]1. The summed E-state index contributed by atoms with van der Waals surface area (Å²) in [5.74, 6) is 0.172. The Bertz CT molecular complexity index is 766. The molecule has 104 valence electrons. The third kappa shape index (κ3) is 2.89. The first-order valence-corrected chi connectivity index (χ1v) is 6.35. The number of aromatic nitrogens is 3. The van der Waals surface area contributed by atoms with E-state index in [-0.39, 0.29) is 0 Å². The van der Waals surface area contributed by atoms with E-state index in [9.17, 15) is 4.79 Å². The van der Waals surface area contributed by atoms with E-state index in [0.29, 0.717) is 17.2 Å². The Morgan fingerprint density at radius 1 is 1.14 bits per heavy atom. The van der Waals surface area contributed by atoms with Crippen LogP contribution in [0.3, 0.4) is 0 Å². The average Bonchev–Trinajstić information content (AvgIpc) is 2.99. The maximum Gasteiger partial charge on any atom is 0.265 e. The van der Waals surface area contributed by atoms with Gasteiger partial charge in [0.15, 0.2) is 0 Å². The van der Waals surface area contributed by atoms with E-state index in [4.69, 9.17) is 5.73 Å². The summed E-state index contributed by atoms with van der Waals surface area (Å²) in [5, 5.41) is 3.19. The molecule has 6 nitrogen and oxygen atoms in total. The van der Waals surface area contributed by atoms with Crippen molar-refractivity contribution in [3.05, 3.63) is 60.7 Å². The molecule has 4 N–H and O–H groups in total. The molecule has 0 saturated heterocycles. The summed E-state index contributed by atoms with van der Waals surface area (Å²) in [4.78, 5) is 22.3. The number of primary amides is 1. The predicted molar refractivity (Wildman–Crippen MR) is 80.1 cm³/mol. The first-order valence-electron chi connectivity index (χ1n) is 6.35. The van der Waals surface area contributed by atoms with Crippen LogP contribution in [0.2, 0.25) is 0 Å². The topological polar surface area (TPSA) is 96.7 Å². The fourth-order valence-corrected chi connectivity index (χ4v) is 1.94. The van der Waals surface area contributed by atoms with Gasteiger partial charge in [-0.25, -0.2) is 9.97 Å². The van der Waals surface area contributed by atoms with Crippen LogP contribution in [0.25, 0.3) is 11.3 Å². The molecule has 6 heteroatoms. The Hall–Kier alpha value is -3.15. The van der Waals surface area contributed by atoms with Crippen molar-refractivity contribution in [3.8, 4) is 11.3 Å². The number of nitrogens with two attached hydrogens (primary N) is 1. The minimum atomic E-state index is -0.502. The Balaban J connectivity index is 1.87. The van der Waals surface area contributed by atoms with Gasteiger partial charge in [0.05, 0.1) is 5.69 Å². The molecule has 0 spiro atoms. The predicted octanol–water partition coefficient (Wildman–Crippen LogP) is 2.31. The molecule has 2 aromatic heterocycles. The lowest BCUT2D eigenvalue weighted by Crippen LogP contribution is -2.10. The van der Waals surface area contributed by atoms with Crippen molar-refractivity contribution in [2.75, 3.05) is 5.32 Å². The summed E-state index contributed by atoms with van der Waals surface area (Å²) in [7, 11) is 0.